The van der Waals surface area contributed by atoms with Gasteiger partial charge in [-0.15, -0.1) is 0 Å². The molecule has 2 nitrogen and oxygen atoms in total. The second-order valence-electron chi connectivity index (χ2n) is 5.13. The molecule has 0 radical (unpaired) electrons. The van der Waals surface area contributed by atoms with Crippen molar-refractivity contribution in [1.29, 1.82) is 0 Å². The van der Waals surface area contributed by atoms with E-state index < -0.39 is 0 Å². The maximum atomic E-state index is 10.5. The molecule has 0 saturated carbocycles. The Bertz CT molecular complexity index is 195. The van der Waals surface area contributed by atoms with E-state index in [1.54, 1.807) is 0 Å². The normalized spacial score (nSPS) is 10.6. The Kier molecular flexibility index (Phi) is 15.7. The van der Waals surface area contributed by atoms with Crippen LogP contribution in [0.4, 0.5) is 0 Å². The largest absolute Gasteiger partial charge is 0.465 e. The fourth-order valence-electron chi connectivity index (χ4n) is 2.04. The lowest BCUT2D eigenvalue weighted by Crippen LogP contribution is -2.02. The van der Waals surface area contributed by atoms with E-state index in [0.717, 1.165) is 5.75 Å². The summed E-state index contributed by atoms with van der Waals surface area (Å²) in [5.74, 6) is 1.98. The van der Waals surface area contributed by atoms with Gasteiger partial charge in [0.15, 0.2) is 0 Å². The molecule has 0 aromatic rings. The van der Waals surface area contributed by atoms with Gasteiger partial charge in [-0.05, 0) is 12.2 Å². The molecular formula is C16H32O2S. The fraction of sp³-hybridized carbons (Fsp3) is 0.938. The Balaban J connectivity index is 2.93. The summed E-state index contributed by atoms with van der Waals surface area (Å²) in [5, 5.41) is 0. The van der Waals surface area contributed by atoms with Gasteiger partial charge in [-0.2, -0.15) is 11.8 Å². The average molecular weight is 288 g/mol. The van der Waals surface area contributed by atoms with Crippen LogP contribution in [0.1, 0.15) is 78.1 Å². The van der Waals surface area contributed by atoms with Crippen LogP contribution in [0.5, 0.6) is 0 Å². The highest BCUT2D eigenvalue weighted by Crippen LogP contribution is 2.12. The van der Waals surface area contributed by atoms with Gasteiger partial charge in [0.2, 0.25) is 0 Å². The van der Waals surface area contributed by atoms with Crippen molar-refractivity contribution in [3.8, 4) is 0 Å². The molecule has 19 heavy (non-hydrogen) atoms. The van der Waals surface area contributed by atoms with Gasteiger partial charge >= 0.3 is 5.97 Å². The summed E-state index contributed by atoms with van der Waals surface area (Å²) in [6.45, 7) is 4.30. The van der Waals surface area contributed by atoms with E-state index in [1.165, 1.54) is 76.9 Å². The zero-order valence-corrected chi connectivity index (χ0v) is 13.7. The highest BCUT2D eigenvalue weighted by Gasteiger charge is 1.95. The van der Waals surface area contributed by atoms with Crippen molar-refractivity contribution in [3.63, 3.8) is 0 Å². The summed E-state index contributed by atoms with van der Waals surface area (Å²) in [6.07, 6.45) is 13.9. The smallest absolute Gasteiger partial charge is 0.302 e. The first-order chi connectivity index (χ1) is 9.27. The first-order valence-electron chi connectivity index (χ1n) is 7.98. The van der Waals surface area contributed by atoms with Crippen LogP contribution in [0.25, 0.3) is 0 Å². The molecule has 0 heterocycles. The Morgan fingerprint density at radius 3 is 1.89 bits per heavy atom. The molecule has 0 rings (SSSR count). The van der Waals surface area contributed by atoms with Gasteiger partial charge < -0.3 is 4.74 Å². The summed E-state index contributed by atoms with van der Waals surface area (Å²) in [6, 6.07) is 0. The predicted octanol–water partition coefficient (Wildman–Crippen LogP) is 5.20. The maximum absolute atomic E-state index is 10.5. The zero-order chi connectivity index (χ0) is 14.2. The van der Waals surface area contributed by atoms with Crippen molar-refractivity contribution in [2.45, 2.75) is 78.1 Å². The van der Waals surface area contributed by atoms with E-state index in [4.69, 9.17) is 4.74 Å². The molecule has 3 heteroatoms. The lowest BCUT2D eigenvalue weighted by molar-refractivity contribution is -0.140. The number of thioether (sulfide) groups is 1. The van der Waals surface area contributed by atoms with Crippen molar-refractivity contribution in [3.05, 3.63) is 0 Å². The van der Waals surface area contributed by atoms with Crippen LogP contribution in [0, 0.1) is 0 Å². The Labute approximate surface area is 124 Å². The molecule has 0 aromatic heterocycles. The Morgan fingerprint density at radius 2 is 1.37 bits per heavy atom. The molecule has 0 amide bonds. The minimum absolute atomic E-state index is 0.167. The van der Waals surface area contributed by atoms with E-state index in [9.17, 15) is 4.79 Å². The molecule has 0 unspecified atom stereocenters. The van der Waals surface area contributed by atoms with Gasteiger partial charge in [0.25, 0.3) is 0 Å². The van der Waals surface area contributed by atoms with Crippen LogP contribution in [-0.4, -0.2) is 24.1 Å². The van der Waals surface area contributed by atoms with Crippen molar-refractivity contribution < 1.29 is 9.53 Å². The van der Waals surface area contributed by atoms with Crippen molar-refractivity contribution >= 4 is 17.7 Å². The number of carbonyl (C=O) groups is 1. The fourth-order valence-corrected chi connectivity index (χ4v) is 2.85. The SMILES string of the molecule is CCCCCCCCCCCCSCCOC(C)=O. The molecule has 0 aliphatic rings. The van der Waals surface area contributed by atoms with Crippen LogP contribution in [0.2, 0.25) is 0 Å². The highest BCUT2D eigenvalue weighted by atomic mass is 32.2. The number of rotatable bonds is 14. The van der Waals surface area contributed by atoms with Crippen molar-refractivity contribution in [2.75, 3.05) is 18.1 Å². The number of unbranched alkanes of at least 4 members (excludes halogenated alkanes) is 9. The summed E-state index contributed by atoms with van der Waals surface area (Å²) in [7, 11) is 0. The van der Waals surface area contributed by atoms with E-state index in [-0.39, 0.29) is 5.97 Å². The van der Waals surface area contributed by atoms with Crippen molar-refractivity contribution in [2.24, 2.45) is 0 Å². The molecule has 114 valence electrons. The van der Waals surface area contributed by atoms with E-state index in [2.05, 4.69) is 6.92 Å². The third-order valence-corrected chi connectivity index (χ3v) is 4.21. The lowest BCUT2D eigenvalue weighted by Gasteiger charge is -2.03. The number of carbonyl (C=O) groups excluding carboxylic acids is 1. The van der Waals surface area contributed by atoms with Gasteiger partial charge in [-0.3, -0.25) is 4.79 Å². The zero-order valence-electron chi connectivity index (χ0n) is 12.9. The Hall–Kier alpha value is -0.180. The topological polar surface area (TPSA) is 26.3 Å². The quantitative estimate of drug-likeness (QED) is 0.324. The second-order valence-corrected chi connectivity index (χ2v) is 6.36. The van der Waals surface area contributed by atoms with Gasteiger partial charge in [-0.1, -0.05) is 64.7 Å². The third-order valence-electron chi connectivity index (χ3n) is 3.18. The molecule has 0 saturated heterocycles. The number of hydrogen-bond donors (Lipinski definition) is 0. The summed E-state index contributed by atoms with van der Waals surface area (Å²) in [5.41, 5.74) is 0. The third kappa shape index (κ3) is 17.8. The van der Waals surface area contributed by atoms with Crippen molar-refractivity contribution in [1.82, 2.24) is 0 Å². The van der Waals surface area contributed by atoms with Gasteiger partial charge in [-0.25, -0.2) is 0 Å². The molecule has 0 aliphatic carbocycles. The number of ether oxygens (including phenoxy) is 1. The Morgan fingerprint density at radius 1 is 0.842 bits per heavy atom. The second kappa shape index (κ2) is 15.9. The van der Waals surface area contributed by atoms with Crippen LogP contribution in [0.3, 0.4) is 0 Å². The molecule has 0 spiro atoms. The maximum Gasteiger partial charge on any atom is 0.302 e. The highest BCUT2D eigenvalue weighted by molar-refractivity contribution is 7.99. The van der Waals surface area contributed by atoms with E-state index >= 15 is 0 Å². The number of esters is 1. The molecule has 0 N–H and O–H groups in total. The molecular weight excluding hydrogens is 256 g/mol. The van der Waals surface area contributed by atoms with Crippen LogP contribution in [-0.2, 0) is 9.53 Å². The first kappa shape index (κ1) is 18.8. The van der Waals surface area contributed by atoms with Gasteiger partial charge in [0, 0.05) is 12.7 Å². The minimum Gasteiger partial charge on any atom is -0.465 e. The standard InChI is InChI=1S/C16H32O2S/c1-3-4-5-6-7-8-9-10-11-12-14-19-15-13-18-16(2)17/h3-15H2,1-2H3. The van der Waals surface area contributed by atoms with E-state index in [0.29, 0.717) is 6.61 Å². The predicted molar refractivity (Wildman–Crippen MR) is 85.8 cm³/mol. The summed E-state index contributed by atoms with van der Waals surface area (Å²) < 4.78 is 4.88. The molecule has 0 aromatic carbocycles. The van der Waals surface area contributed by atoms with Crippen LogP contribution < -0.4 is 0 Å². The molecule has 0 bridgehead atoms. The molecule has 0 atom stereocenters. The van der Waals surface area contributed by atoms with Crippen LogP contribution >= 0.6 is 11.8 Å². The van der Waals surface area contributed by atoms with Gasteiger partial charge in [0.05, 0.1) is 0 Å². The monoisotopic (exact) mass is 288 g/mol. The molecule has 0 aliphatic heterocycles. The van der Waals surface area contributed by atoms with E-state index in [1.807, 2.05) is 11.8 Å². The van der Waals surface area contributed by atoms with Crippen LogP contribution in [0.15, 0.2) is 0 Å². The minimum atomic E-state index is -0.167. The molecule has 0 fully saturated rings. The first-order valence-corrected chi connectivity index (χ1v) is 9.14. The number of hydrogen-bond acceptors (Lipinski definition) is 3. The summed E-state index contributed by atoms with van der Waals surface area (Å²) >= 11 is 1.90. The van der Waals surface area contributed by atoms with Gasteiger partial charge in [0.1, 0.15) is 6.61 Å². The average Bonchev–Trinajstić information content (AvgIpc) is 2.39. The summed E-state index contributed by atoms with van der Waals surface area (Å²) in [4.78, 5) is 10.5. The lowest BCUT2D eigenvalue weighted by atomic mass is 10.1.